The van der Waals surface area contributed by atoms with Crippen molar-refractivity contribution in [2.75, 3.05) is 6.79 Å². The molecule has 0 spiro atoms. The predicted octanol–water partition coefficient (Wildman–Crippen LogP) is 4.50. The Kier molecular flexibility index (Phi) is 3.62. The monoisotopic (exact) mass is 317 g/mol. The first-order valence-corrected chi connectivity index (χ1v) is 6.68. The molecule has 0 bridgehead atoms. The molecule has 0 fully saturated rings. The minimum absolute atomic E-state index is 0. The van der Waals surface area contributed by atoms with Gasteiger partial charge in [0.2, 0.25) is 6.79 Å². The summed E-state index contributed by atoms with van der Waals surface area (Å²) in [6.45, 7) is 2.21. The molecule has 112 valence electrons. The Morgan fingerprint density at radius 1 is 1.05 bits per heavy atom. The minimum atomic E-state index is -0.274. The maximum absolute atomic E-state index is 13.9. The third kappa shape index (κ3) is 2.25. The van der Waals surface area contributed by atoms with Gasteiger partial charge < -0.3 is 9.47 Å². The lowest BCUT2D eigenvalue weighted by Crippen LogP contribution is -1.92. The van der Waals surface area contributed by atoms with E-state index in [1.165, 1.54) is 6.07 Å². The van der Waals surface area contributed by atoms with E-state index in [0.29, 0.717) is 17.0 Å². The SMILES string of the molecule is Cc1cc(-c2ccccc2F)nc2cc3c(cc12)OCO3.Cl. The van der Waals surface area contributed by atoms with Gasteiger partial charge in [-0.1, -0.05) is 12.1 Å². The van der Waals surface area contributed by atoms with Gasteiger partial charge in [0.15, 0.2) is 11.5 Å². The zero-order chi connectivity index (χ0) is 14.4. The first kappa shape index (κ1) is 14.6. The molecule has 2 aromatic carbocycles. The second-order valence-electron chi connectivity index (χ2n) is 5.03. The number of rotatable bonds is 1. The maximum Gasteiger partial charge on any atom is 0.231 e. The molecule has 0 saturated carbocycles. The number of halogens is 2. The number of aryl methyl sites for hydroxylation is 1. The summed E-state index contributed by atoms with van der Waals surface area (Å²) in [5.41, 5.74) is 2.92. The number of benzene rings is 2. The number of fused-ring (bicyclic) bond motifs is 2. The van der Waals surface area contributed by atoms with Crippen LogP contribution >= 0.6 is 12.4 Å². The number of pyridine rings is 1. The van der Waals surface area contributed by atoms with Crippen LogP contribution in [0.5, 0.6) is 11.5 Å². The van der Waals surface area contributed by atoms with Crippen LogP contribution in [0.3, 0.4) is 0 Å². The van der Waals surface area contributed by atoms with Gasteiger partial charge in [-0.25, -0.2) is 9.37 Å². The fraction of sp³-hybridized carbons (Fsp3) is 0.118. The number of nitrogens with zero attached hydrogens (tertiary/aromatic N) is 1. The molecule has 0 aliphatic carbocycles. The molecular formula is C17H13ClFNO2. The second kappa shape index (κ2) is 5.46. The number of hydrogen-bond donors (Lipinski definition) is 0. The van der Waals surface area contributed by atoms with Crippen LogP contribution in [0.1, 0.15) is 5.56 Å². The Labute approximate surface area is 133 Å². The summed E-state index contributed by atoms with van der Waals surface area (Å²) >= 11 is 0. The van der Waals surface area contributed by atoms with Gasteiger partial charge in [0.1, 0.15) is 5.82 Å². The van der Waals surface area contributed by atoms with Crippen molar-refractivity contribution in [1.29, 1.82) is 0 Å². The van der Waals surface area contributed by atoms with Crippen molar-refractivity contribution in [2.45, 2.75) is 6.92 Å². The van der Waals surface area contributed by atoms with Crippen LogP contribution in [0, 0.1) is 12.7 Å². The van der Waals surface area contributed by atoms with Gasteiger partial charge in [-0.15, -0.1) is 12.4 Å². The molecule has 0 radical (unpaired) electrons. The van der Waals surface area contributed by atoms with E-state index in [0.717, 1.165) is 22.2 Å². The molecule has 0 atom stereocenters. The van der Waals surface area contributed by atoms with Crippen molar-refractivity contribution < 1.29 is 13.9 Å². The average molecular weight is 318 g/mol. The molecule has 22 heavy (non-hydrogen) atoms. The van der Waals surface area contributed by atoms with Crippen molar-refractivity contribution in [2.24, 2.45) is 0 Å². The van der Waals surface area contributed by atoms with E-state index in [4.69, 9.17) is 9.47 Å². The van der Waals surface area contributed by atoms with Crippen molar-refractivity contribution in [3.05, 3.63) is 53.8 Å². The standard InChI is InChI=1S/C17H12FNO2.ClH/c1-10-6-14(11-4-2-3-5-13(11)18)19-15-8-17-16(7-12(10)15)20-9-21-17;/h2-8H,9H2,1H3;1H. The minimum Gasteiger partial charge on any atom is -0.454 e. The zero-order valence-corrected chi connectivity index (χ0v) is 12.6. The Morgan fingerprint density at radius 2 is 1.77 bits per heavy atom. The molecule has 0 saturated heterocycles. The van der Waals surface area contributed by atoms with Gasteiger partial charge in [0.25, 0.3) is 0 Å². The highest BCUT2D eigenvalue weighted by Gasteiger charge is 2.17. The Morgan fingerprint density at radius 3 is 2.55 bits per heavy atom. The highest BCUT2D eigenvalue weighted by atomic mass is 35.5. The fourth-order valence-corrected chi connectivity index (χ4v) is 2.59. The molecular weight excluding hydrogens is 305 g/mol. The molecule has 0 unspecified atom stereocenters. The molecule has 0 amide bonds. The summed E-state index contributed by atoms with van der Waals surface area (Å²) in [5.74, 6) is 1.13. The van der Waals surface area contributed by atoms with Crippen LogP contribution in [0.4, 0.5) is 4.39 Å². The van der Waals surface area contributed by atoms with Crippen LogP contribution in [0.25, 0.3) is 22.2 Å². The maximum atomic E-state index is 13.9. The number of hydrogen-bond acceptors (Lipinski definition) is 3. The van der Waals surface area contributed by atoms with Crippen molar-refractivity contribution >= 4 is 23.3 Å². The molecule has 4 rings (SSSR count). The van der Waals surface area contributed by atoms with E-state index in [9.17, 15) is 4.39 Å². The molecule has 0 N–H and O–H groups in total. The third-order valence-corrected chi connectivity index (χ3v) is 3.66. The van der Waals surface area contributed by atoms with Crippen LogP contribution in [0.2, 0.25) is 0 Å². The van der Waals surface area contributed by atoms with E-state index in [2.05, 4.69) is 4.98 Å². The smallest absolute Gasteiger partial charge is 0.231 e. The largest absolute Gasteiger partial charge is 0.454 e. The summed E-state index contributed by atoms with van der Waals surface area (Å²) in [6.07, 6.45) is 0. The zero-order valence-electron chi connectivity index (χ0n) is 11.8. The fourth-order valence-electron chi connectivity index (χ4n) is 2.59. The van der Waals surface area contributed by atoms with Crippen LogP contribution in [-0.2, 0) is 0 Å². The van der Waals surface area contributed by atoms with E-state index < -0.39 is 0 Å². The van der Waals surface area contributed by atoms with E-state index in [1.54, 1.807) is 18.2 Å². The third-order valence-electron chi connectivity index (χ3n) is 3.66. The van der Waals surface area contributed by atoms with Gasteiger partial charge in [-0.2, -0.15) is 0 Å². The van der Waals surface area contributed by atoms with Gasteiger partial charge in [0.05, 0.1) is 11.2 Å². The molecule has 1 aliphatic rings. The topological polar surface area (TPSA) is 31.4 Å². The summed E-state index contributed by atoms with van der Waals surface area (Å²) in [7, 11) is 0. The Hall–Kier alpha value is -2.33. The first-order chi connectivity index (χ1) is 10.2. The van der Waals surface area contributed by atoms with E-state index in [1.807, 2.05) is 25.1 Å². The first-order valence-electron chi connectivity index (χ1n) is 6.68. The van der Waals surface area contributed by atoms with Crippen LogP contribution in [-0.4, -0.2) is 11.8 Å². The summed E-state index contributed by atoms with van der Waals surface area (Å²) < 4.78 is 24.7. The molecule has 1 aromatic heterocycles. The van der Waals surface area contributed by atoms with Crippen LogP contribution in [0.15, 0.2) is 42.5 Å². The van der Waals surface area contributed by atoms with Gasteiger partial charge in [0, 0.05) is 17.0 Å². The molecule has 5 heteroatoms. The normalized spacial score (nSPS) is 12.3. The molecule has 2 heterocycles. The number of ether oxygens (including phenoxy) is 2. The Bertz CT molecular complexity index is 867. The van der Waals surface area contributed by atoms with E-state index >= 15 is 0 Å². The number of aromatic nitrogens is 1. The quantitative estimate of drug-likeness (QED) is 0.662. The van der Waals surface area contributed by atoms with Crippen molar-refractivity contribution in [3.63, 3.8) is 0 Å². The predicted molar refractivity (Wildman–Crippen MR) is 85.2 cm³/mol. The average Bonchev–Trinajstić information content (AvgIpc) is 2.93. The van der Waals surface area contributed by atoms with Crippen molar-refractivity contribution in [3.8, 4) is 22.8 Å². The lowest BCUT2D eigenvalue weighted by molar-refractivity contribution is 0.174. The van der Waals surface area contributed by atoms with Crippen molar-refractivity contribution in [1.82, 2.24) is 4.98 Å². The summed E-state index contributed by atoms with van der Waals surface area (Å²) in [5, 5.41) is 0.985. The molecule has 3 nitrogen and oxygen atoms in total. The van der Waals surface area contributed by atoms with Gasteiger partial charge >= 0.3 is 0 Å². The molecule has 1 aliphatic heterocycles. The lowest BCUT2D eigenvalue weighted by Gasteiger charge is -2.08. The van der Waals surface area contributed by atoms with Crippen LogP contribution < -0.4 is 9.47 Å². The Balaban J connectivity index is 0.00000144. The van der Waals surface area contributed by atoms with E-state index in [-0.39, 0.29) is 25.0 Å². The highest BCUT2D eigenvalue weighted by Crippen LogP contribution is 2.37. The van der Waals surface area contributed by atoms with Gasteiger partial charge in [-0.3, -0.25) is 0 Å². The second-order valence-corrected chi connectivity index (χ2v) is 5.03. The lowest BCUT2D eigenvalue weighted by atomic mass is 10.0. The highest BCUT2D eigenvalue weighted by molar-refractivity contribution is 5.88. The summed E-state index contributed by atoms with van der Waals surface area (Å²) in [6, 6.07) is 12.3. The van der Waals surface area contributed by atoms with Gasteiger partial charge in [-0.05, 0) is 36.8 Å². The molecule has 3 aromatic rings. The summed E-state index contributed by atoms with van der Waals surface area (Å²) in [4.78, 5) is 4.57.